The maximum atomic E-state index is 13.0. The first-order valence-electron chi connectivity index (χ1n) is 11.0. The Bertz CT molecular complexity index is 1370. The summed E-state index contributed by atoms with van der Waals surface area (Å²) in [5.41, 5.74) is 2.86. The molecular formula is C25H20N4O4S2. The Morgan fingerprint density at radius 2 is 1.97 bits per heavy atom. The highest BCUT2D eigenvalue weighted by molar-refractivity contribution is 7.81. The highest BCUT2D eigenvalue weighted by Gasteiger charge is 2.39. The fourth-order valence-electron chi connectivity index (χ4n) is 4.23. The Morgan fingerprint density at radius 1 is 1.17 bits per heavy atom. The molecule has 10 heteroatoms. The van der Waals surface area contributed by atoms with Gasteiger partial charge in [-0.15, -0.1) is 0 Å². The summed E-state index contributed by atoms with van der Waals surface area (Å²) < 4.78 is 0. The predicted octanol–water partition coefficient (Wildman–Crippen LogP) is 2.85. The van der Waals surface area contributed by atoms with Crippen molar-refractivity contribution >= 4 is 57.2 Å². The molecule has 1 aromatic heterocycles. The Morgan fingerprint density at radius 3 is 2.74 bits per heavy atom. The molecule has 3 heterocycles. The number of benzene rings is 2. The van der Waals surface area contributed by atoms with Gasteiger partial charge in [-0.3, -0.25) is 24.5 Å². The van der Waals surface area contributed by atoms with Crippen molar-refractivity contribution in [3.63, 3.8) is 0 Å². The number of hydrogen-bond donors (Lipinski definition) is 2. The van der Waals surface area contributed by atoms with E-state index in [1.165, 1.54) is 16.2 Å². The molecule has 8 nitrogen and oxygen atoms in total. The standard InChI is InChI=1S/C25H20N4O4S2/c30-20-9-8-18(23(32)27-20)29-13-16-7-6-14(10-17(16)24(29)33)11-21(31)28-25-26-12-19(35-25)22(34)15-4-2-1-3-5-15/h1-7,10,12,18H,8-9,11,13H2,(H,26,28,31)(H,27,30,32). The fourth-order valence-corrected chi connectivity index (χ4v) is 5.34. The lowest BCUT2D eigenvalue weighted by atomic mass is 10.0. The van der Waals surface area contributed by atoms with E-state index < -0.39 is 11.9 Å². The first-order chi connectivity index (χ1) is 16.9. The summed E-state index contributed by atoms with van der Waals surface area (Å²) in [6.45, 7) is 0.302. The number of carbonyl (C=O) groups excluding carboxylic acids is 4. The molecule has 2 aromatic carbocycles. The van der Waals surface area contributed by atoms with Crippen molar-refractivity contribution in [2.45, 2.75) is 31.8 Å². The predicted molar refractivity (Wildman–Crippen MR) is 134 cm³/mol. The molecule has 176 valence electrons. The van der Waals surface area contributed by atoms with Crippen molar-refractivity contribution in [1.29, 1.82) is 0 Å². The number of imide groups is 1. The van der Waals surface area contributed by atoms with Crippen LogP contribution in [0.1, 0.15) is 44.8 Å². The number of nitrogens with zero attached hydrogens (tertiary/aromatic N) is 2. The molecule has 1 unspecified atom stereocenters. The van der Waals surface area contributed by atoms with Gasteiger partial charge in [0, 0.05) is 24.7 Å². The third-order valence-electron chi connectivity index (χ3n) is 5.97. The van der Waals surface area contributed by atoms with Crippen molar-refractivity contribution < 1.29 is 19.2 Å². The van der Waals surface area contributed by atoms with E-state index in [-0.39, 0.29) is 30.6 Å². The topological polar surface area (TPSA) is 108 Å². The number of hydrogen-bond acceptors (Lipinski definition) is 7. The van der Waals surface area contributed by atoms with Gasteiger partial charge in [-0.2, -0.15) is 0 Å². The third-order valence-corrected chi connectivity index (χ3v) is 7.48. The molecule has 35 heavy (non-hydrogen) atoms. The third kappa shape index (κ3) is 4.75. The van der Waals surface area contributed by atoms with Crippen LogP contribution in [0.5, 0.6) is 0 Å². The van der Waals surface area contributed by atoms with E-state index in [1.807, 2.05) is 36.4 Å². The molecule has 0 saturated carbocycles. The maximum Gasteiger partial charge on any atom is 0.255 e. The molecule has 0 aliphatic carbocycles. The molecule has 0 radical (unpaired) electrons. The minimum Gasteiger partial charge on any atom is -0.322 e. The minimum absolute atomic E-state index is 0.0665. The van der Waals surface area contributed by atoms with Crippen LogP contribution in [-0.2, 0) is 27.3 Å². The smallest absolute Gasteiger partial charge is 0.255 e. The lowest BCUT2D eigenvalue weighted by Crippen LogP contribution is -2.52. The van der Waals surface area contributed by atoms with Crippen LogP contribution in [0.4, 0.5) is 5.13 Å². The monoisotopic (exact) mass is 504 g/mol. The first kappa shape index (κ1) is 23.0. The molecule has 2 N–H and O–H groups in total. The van der Waals surface area contributed by atoms with E-state index in [4.69, 9.17) is 12.2 Å². The Hall–Kier alpha value is -3.76. The van der Waals surface area contributed by atoms with Gasteiger partial charge in [-0.25, -0.2) is 4.98 Å². The van der Waals surface area contributed by atoms with Crippen LogP contribution in [0.25, 0.3) is 0 Å². The van der Waals surface area contributed by atoms with Gasteiger partial charge in [-0.05, 0) is 29.2 Å². The van der Waals surface area contributed by atoms with Crippen LogP contribution < -0.4 is 10.6 Å². The Kier molecular flexibility index (Phi) is 6.23. The first-order valence-corrected chi connectivity index (χ1v) is 12.2. The van der Waals surface area contributed by atoms with Crippen LogP contribution in [0.15, 0.2) is 54.7 Å². The van der Waals surface area contributed by atoms with Gasteiger partial charge >= 0.3 is 0 Å². The van der Waals surface area contributed by atoms with Gasteiger partial charge in [0.2, 0.25) is 17.7 Å². The molecule has 3 aromatic rings. The molecule has 2 aliphatic heterocycles. The zero-order valence-corrected chi connectivity index (χ0v) is 20.1. The summed E-state index contributed by atoms with van der Waals surface area (Å²) >= 11 is 6.83. The van der Waals surface area contributed by atoms with E-state index >= 15 is 0 Å². The molecule has 2 aliphatic rings. The van der Waals surface area contributed by atoms with E-state index in [2.05, 4.69) is 15.6 Å². The number of anilines is 1. The van der Waals surface area contributed by atoms with Crippen LogP contribution in [0.3, 0.4) is 0 Å². The van der Waals surface area contributed by atoms with Gasteiger partial charge in [0.1, 0.15) is 6.04 Å². The summed E-state index contributed by atoms with van der Waals surface area (Å²) in [6, 6.07) is 14.2. The molecule has 1 atom stereocenters. The van der Waals surface area contributed by atoms with Gasteiger partial charge < -0.3 is 10.2 Å². The molecule has 0 spiro atoms. The number of aromatic nitrogens is 1. The molecule has 1 saturated heterocycles. The van der Waals surface area contributed by atoms with E-state index in [0.717, 1.165) is 16.0 Å². The average molecular weight is 505 g/mol. The zero-order valence-electron chi connectivity index (χ0n) is 18.4. The highest BCUT2D eigenvalue weighted by Crippen LogP contribution is 2.28. The normalized spacial score (nSPS) is 17.2. The summed E-state index contributed by atoms with van der Waals surface area (Å²) in [5.74, 6) is -1.30. The van der Waals surface area contributed by atoms with Crippen LogP contribution in [0.2, 0.25) is 0 Å². The van der Waals surface area contributed by atoms with Crippen LogP contribution in [-0.4, -0.2) is 44.4 Å². The summed E-state index contributed by atoms with van der Waals surface area (Å²) in [5, 5.41) is 5.54. The van der Waals surface area contributed by atoms with Crippen molar-refractivity contribution in [2.75, 3.05) is 5.32 Å². The Labute approximate surface area is 210 Å². The van der Waals surface area contributed by atoms with Crippen molar-refractivity contribution in [2.24, 2.45) is 0 Å². The van der Waals surface area contributed by atoms with Gasteiger partial charge in [-0.1, -0.05) is 66.0 Å². The largest absolute Gasteiger partial charge is 0.322 e. The fraction of sp³-hybridized carbons (Fsp3) is 0.200. The second kappa shape index (κ2) is 9.47. The van der Waals surface area contributed by atoms with Crippen molar-refractivity contribution in [3.05, 3.63) is 81.9 Å². The number of thiazole rings is 1. The van der Waals surface area contributed by atoms with Gasteiger partial charge in [0.25, 0.3) is 5.91 Å². The lowest BCUT2D eigenvalue weighted by molar-refractivity contribution is -0.137. The SMILES string of the molecule is O=C1CCC(N2Cc3ccc(CC(=O)Nc4ncc(C(=S)c5ccccc5)s4)cc3C2=O)C(=O)N1. The van der Waals surface area contributed by atoms with Crippen molar-refractivity contribution in [1.82, 2.24) is 15.2 Å². The molecule has 5 rings (SSSR count). The molecule has 4 amide bonds. The summed E-state index contributed by atoms with van der Waals surface area (Å²) in [4.78, 5) is 56.5. The zero-order chi connectivity index (χ0) is 24.5. The average Bonchev–Trinajstić information content (AvgIpc) is 3.44. The number of thiocarbonyl (C=S) groups is 1. The van der Waals surface area contributed by atoms with E-state index in [0.29, 0.717) is 34.1 Å². The minimum atomic E-state index is -0.666. The van der Waals surface area contributed by atoms with Gasteiger partial charge in [0.15, 0.2) is 5.13 Å². The number of amides is 4. The number of piperidine rings is 1. The number of fused-ring (bicyclic) bond motifs is 1. The van der Waals surface area contributed by atoms with Crippen LogP contribution >= 0.6 is 23.6 Å². The molecular weight excluding hydrogens is 484 g/mol. The Balaban J connectivity index is 1.23. The summed E-state index contributed by atoms with van der Waals surface area (Å²) in [7, 11) is 0. The quantitative estimate of drug-likeness (QED) is 0.304. The number of carbonyl (C=O) groups is 4. The van der Waals surface area contributed by atoms with Crippen molar-refractivity contribution in [3.8, 4) is 0 Å². The second-order valence-electron chi connectivity index (χ2n) is 8.34. The van der Waals surface area contributed by atoms with Crippen LogP contribution in [0, 0.1) is 0 Å². The molecule has 0 bridgehead atoms. The number of rotatable bonds is 6. The molecule has 1 fully saturated rings. The highest BCUT2D eigenvalue weighted by atomic mass is 32.1. The maximum absolute atomic E-state index is 13.0. The summed E-state index contributed by atoms with van der Waals surface area (Å²) in [6.07, 6.45) is 2.23. The van der Waals surface area contributed by atoms with Gasteiger partial charge in [0.05, 0.1) is 16.2 Å². The number of nitrogens with one attached hydrogen (secondary N) is 2. The lowest BCUT2D eigenvalue weighted by Gasteiger charge is -2.29. The van der Waals surface area contributed by atoms with E-state index in [1.54, 1.807) is 18.3 Å². The second-order valence-corrected chi connectivity index (χ2v) is 9.78. The van der Waals surface area contributed by atoms with E-state index in [9.17, 15) is 19.2 Å².